The molecule has 0 saturated carbocycles. The lowest BCUT2D eigenvalue weighted by Gasteiger charge is -2.18. The zero-order valence-electron chi connectivity index (χ0n) is 8.86. The summed E-state index contributed by atoms with van der Waals surface area (Å²) >= 11 is 0. The normalized spacial score (nSPS) is 12.3. The van der Waals surface area contributed by atoms with E-state index >= 15 is 0 Å². The SMILES string of the molecule is CCN(CC)S(=O)(=O)NCCCCO. The van der Waals surface area contributed by atoms with Gasteiger partial charge in [0.1, 0.15) is 0 Å². The van der Waals surface area contributed by atoms with E-state index in [1.54, 1.807) is 13.8 Å². The molecule has 0 aromatic carbocycles. The molecule has 0 spiro atoms. The summed E-state index contributed by atoms with van der Waals surface area (Å²) in [6.45, 7) is 5.05. The van der Waals surface area contributed by atoms with E-state index < -0.39 is 10.2 Å². The summed E-state index contributed by atoms with van der Waals surface area (Å²) in [4.78, 5) is 0. The number of aliphatic hydroxyl groups excluding tert-OH is 1. The molecule has 86 valence electrons. The quantitative estimate of drug-likeness (QED) is 0.567. The lowest BCUT2D eigenvalue weighted by Crippen LogP contribution is -2.40. The lowest BCUT2D eigenvalue weighted by atomic mass is 10.3. The van der Waals surface area contributed by atoms with Crippen LogP contribution in [0.2, 0.25) is 0 Å². The van der Waals surface area contributed by atoms with Crippen LogP contribution in [-0.4, -0.2) is 44.1 Å². The van der Waals surface area contributed by atoms with Crippen LogP contribution < -0.4 is 4.72 Å². The predicted octanol–water partition coefficient (Wildman–Crippen LogP) is -0.0649. The van der Waals surface area contributed by atoms with E-state index in [0.29, 0.717) is 32.5 Å². The zero-order valence-corrected chi connectivity index (χ0v) is 9.68. The van der Waals surface area contributed by atoms with Crippen molar-refractivity contribution in [3.05, 3.63) is 0 Å². The van der Waals surface area contributed by atoms with E-state index in [2.05, 4.69) is 4.72 Å². The van der Waals surface area contributed by atoms with Crippen LogP contribution in [0.3, 0.4) is 0 Å². The number of nitrogens with one attached hydrogen (secondary N) is 1. The molecule has 0 amide bonds. The maximum absolute atomic E-state index is 11.5. The number of unbranched alkanes of at least 4 members (excludes halogenated alkanes) is 1. The Morgan fingerprint density at radius 3 is 2.21 bits per heavy atom. The van der Waals surface area contributed by atoms with Crippen molar-refractivity contribution in [2.75, 3.05) is 26.2 Å². The molecule has 0 aliphatic carbocycles. The van der Waals surface area contributed by atoms with E-state index in [1.807, 2.05) is 0 Å². The minimum Gasteiger partial charge on any atom is -0.396 e. The third-order valence-corrected chi connectivity index (χ3v) is 3.68. The van der Waals surface area contributed by atoms with Gasteiger partial charge in [0.2, 0.25) is 0 Å². The molecule has 0 fully saturated rings. The maximum atomic E-state index is 11.5. The Bertz CT molecular complexity index is 225. The van der Waals surface area contributed by atoms with Crippen LogP contribution in [0.4, 0.5) is 0 Å². The highest BCUT2D eigenvalue weighted by Gasteiger charge is 2.16. The number of rotatable bonds is 8. The van der Waals surface area contributed by atoms with E-state index in [4.69, 9.17) is 5.11 Å². The van der Waals surface area contributed by atoms with Gasteiger partial charge in [0, 0.05) is 26.2 Å². The Labute approximate surface area is 86.3 Å². The fourth-order valence-electron chi connectivity index (χ4n) is 1.09. The van der Waals surface area contributed by atoms with Gasteiger partial charge in [-0.1, -0.05) is 13.8 Å². The first-order valence-corrected chi connectivity index (χ1v) is 6.38. The molecule has 0 atom stereocenters. The molecule has 0 rings (SSSR count). The van der Waals surface area contributed by atoms with Gasteiger partial charge < -0.3 is 5.11 Å². The molecule has 0 saturated heterocycles. The average Bonchev–Trinajstić information content (AvgIpc) is 2.14. The van der Waals surface area contributed by atoms with E-state index in [1.165, 1.54) is 4.31 Å². The average molecular weight is 224 g/mol. The molecule has 0 aliphatic rings. The molecular formula is C8H20N2O3S. The van der Waals surface area contributed by atoms with Gasteiger partial charge >= 0.3 is 0 Å². The van der Waals surface area contributed by atoms with Crippen molar-refractivity contribution in [2.45, 2.75) is 26.7 Å². The van der Waals surface area contributed by atoms with Crippen LogP contribution in [0.25, 0.3) is 0 Å². The van der Waals surface area contributed by atoms with Crippen molar-refractivity contribution >= 4 is 10.2 Å². The smallest absolute Gasteiger partial charge is 0.279 e. The highest BCUT2D eigenvalue weighted by atomic mass is 32.2. The third-order valence-electron chi connectivity index (χ3n) is 1.91. The van der Waals surface area contributed by atoms with Gasteiger partial charge in [0.15, 0.2) is 0 Å². The molecule has 2 N–H and O–H groups in total. The first-order chi connectivity index (χ1) is 6.58. The monoisotopic (exact) mass is 224 g/mol. The summed E-state index contributed by atoms with van der Waals surface area (Å²) in [7, 11) is -3.30. The molecule has 5 nitrogen and oxygen atoms in total. The minimum atomic E-state index is -3.30. The van der Waals surface area contributed by atoms with E-state index in [0.717, 1.165) is 0 Å². The summed E-state index contributed by atoms with van der Waals surface area (Å²) in [5.41, 5.74) is 0. The number of aliphatic hydroxyl groups is 1. The molecule has 0 aromatic rings. The first-order valence-electron chi connectivity index (χ1n) is 4.94. The fourth-order valence-corrected chi connectivity index (χ4v) is 2.36. The highest BCUT2D eigenvalue weighted by molar-refractivity contribution is 7.87. The number of hydrogen-bond acceptors (Lipinski definition) is 3. The van der Waals surface area contributed by atoms with Crippen LogP contribution >= 0.6 is 0 Å². The summed E-state index contributed by atoms with van der Waals surface area (Å²) in [6.07, 6.45) is 1.29. The van der Waals surface area contributed by atoms with Crippen molar-refractivity contribution in [2.24, 2.45) is 0 Å². The molecule has 0 bridgehead atoms. The Hall–Kier alpha value is -0.170. The first kappa shape index (κ1) is 13.8. The standard InChI is InChI=1S/C8H20N2O3S/c1-3-10(4-2)14(12,13)9-7-5-6-8-11/h9,11H,3-8H2,1-2H3. The summed E-state index contributed by atoms with van der Waals surface area (Å²) in [5.74, 6) is 0. The summed E-state index contributed by atoms with van der Waals surface area (Å²) < 4.78 is 26.9. The Morgan fingerprint density at radius 2 is 1.79 bits per heavy atom. The molecule has 0 heterocycles. The second-order valence-corrected chi connectivity index (χ2v) is 4.67. The maximum Gasteiger partial charge on any atom is 0.279 e. The zero-order chi connectivity index (χ0) is 11.0. The van der Waals surface area contributed by atoms with Gasteiger partial charge in [-0.15, -0.1) is 0 Å². The Kier molecular flexibility index (Phi) is 7.08. The minimum absolute atomic E-state index is 0.104. The lowest BCUT2D eigenvalue weighted by molar-refractivity contribution is 0.284. The van der Waals surface area contributed by atoms with E-state index in [-0.39, 0.29) is 6.61 Å². The summed E-state index contributed by atoms with van der Waals surface area (Å²) in [6, 6.07) is 0. The van der Waals surface area contributed by atoms with Crippen LogP contribution in [0.5, 0.6) is 0 Å². The van der Waals surface area contributed by atoms with Crippen molar-refractivity contribution in [3.63, 3.8) is 0 Å². The second kappa shape index (κ2) is 7.17. The molecule has 6 heteroatoms. The van der Waals surface area contributed by atoms with E-state index in [9.17, 15) is 8.42 Å². The van der Waals surface area contributed by atoms with Crippen molar-refractivity contribution in [3.8, 4) is 0 Å². The largest absolute Gasteiger partial charge is 0.396 e. The molecular weight excluding hydrogens is 204 g/mol. The van der Waals surface area contributed by atoms with Gasteiger partial charge in [0.05, 0.1) is 0 Å². The van der Waals surface area contributed by atoms with Crippen LogP contribution in [0, 0.1) is 0 Å². The second-order valence-electron chi connectivity index (χ2n) is 2.91. The molecule has 0 unspecified atom stereocenters. The highest BCUT2D eigenvalue weighted by Crippen LogP contribution is 1.96. The number of hydrogen-bond donors (Lipinski definition) is 2. The Morgan fingerprint density at radius 1 is 1.21 bits per heavy atom. The summed E-state index contributed by atoms with van der Waals surface area (Å²) in [5, 5.41) is 8.51. The molecule has 0 aliphatic heterocycles. The van der Waals surface area contributed by atoms with Gasteiger partial charge in [-0.3, -0.25) is 0 Å². The van der Waals surface area contributed by atoms with Crippen molar-refractivity contribution < 1.29 is 13.5 Å². The van der Waals surface area contributed by atoms with Gasteiger partial charge in [-0.2, -0.15) is 12.7 Å². The van der Waals surface area contributed by atoms with Crippen molar-refractivity contribution in [1.82, 2.24) is 9.03 Å². The van der Waals surface area contributed by atoms with Gasteiger partial charge in [-0.05, 0) is 12.8 Å². The molecule has 14 heavy (non-hydrogen) atoms. The predicted molar refractivity (Wildman–Crippen MR) is 56.2 cm³/mol. The van der Waals surface area contributed by atoms with Crippen LogP contribution in [-0.2, 0) is 10.2 Å². The van der Waals surface area contributed by atoms with Gasteiger partial charge in [0.25, 0.3) is 10.2 Å². The molecule has 0 radical (unpaired) electrons. The number of nitrogens with zero attached hydrogens (tertiary/aromatic N) is 1. The molecule has 0 aromatic heterocycles. The topological polar surface area (TPSA) is 69.6 Å². The van der Waals surface area contributed by atoms with Gasteiger partial charge in [-0.25, -0.2) is 4.72 Å². The third kappa shape index (κ3) is 4.90. The van der Waals surface area contributed by atoms with Crippen LogP contribution in [0.1, 0.15) is 26.7 Å². The van der Waals surface area contributed by atoms with Crippen molar-refractivity contribution in [1.29, 1.82) is 0 Å². The Balaban J connectivity index is 3.94. The van der Waals surface area contributed by atoms with Crippen LogP contribution in [0.15, 0.2) is 0 Å². The fraction of sp³-hybridized carbons (Fsp3) is 1.00.